The largest absolute Gasteiger partial charge is 0.480 e. The first-order valence-corrected chi connectivity index (χ1v) is 12.5. The van der Waals surface area contributed by atoms with Crippen molar-refractivity contribution in [2.75, 3.05) is 6.61 Å². The summed E-state index contributed by atoms with van der Waals surface area (Å²) in [6.45, 7) is 4.00. The van der Waals surface area contributed by atoms with Crippen LogP contribution in [0.4, 0.5) is 4.79 Å². The molecule has 2 aliphatic rings. The Labute approximate surface area is 206 Å². The Kier molecular flexibility index (Phi) is 7.43. The number of amides is 2. The van der Waals surface area contributed by atoms with Crippen molar-refractivity contribution in [3.05, 3.63) is 59.7 Å². The van der Waals surface area contributed by atoms with E-state index >= 15 is 0 Å². The third kappa shape index (κ3) is 5.34. The van der Waals surface area contributed by atoms with Crippen molar-refractivity contribution in [2.45, 2.75) is 69.9 Å². The molecule has 4 rings (SSSR count). The number of alkyl carbamates (subject to hydrolysis) is 1. The fourth-order valence-electron chi connectivity index (χ4n) is 5.06. The van der Waals surface area contributed by atoms with Crippen molar-refractivity contribution in [1.29, 1.82) is 0 Å². The summed E-state index contributed by atoms with van der Waals surface area (Å²) in [7, 11) is 0. The van der Waals surface area contributed by atoms with Crippen LogP contribution in [0, 0.1) is 5.92 Å². The van der Waals surface area contributed by atoms with E-state index in [9.17, 15) is 19.5 Å². The van der Waals surface area contributed by atoms with Crippen molar-refractivity contribution >= 4 is 18.0 Å². The number of carboxylic acids is 1. The maximum Gasteiger partial charge on any atom is 0.407 e. The molecule has 2 aromatic carbocycles. The minimum Gasteiger partial charge on any atom is -0.480 e. The second-order valence-electron chi connectivity index (χ2n) is 9.93. The number of ether oxygens (including phenoxy) is 1. The van der Waals surface area contributed by atoms with Gasteiger partial charge in [-0.2, -0.15) is 0 Å². The van der Waals surface area contributed by atoms with Crippen LogP contribution in [-0.4, -0.2) is 41.3 Å². The van der Waals surface area contributed by atoms with Gasteiger partial charge in [0, 0.05) is 17.9 Å². The zero-order chi connectivity index (χ0) is 25.0. The normalized spacial score (nSPS) is 17.3. The molecule has 1 fully saturated rings. The zero-order valence-corrected chi connectivity index (χ0v) is 20.4. The van der Waals surface area contributed by atoms with Gasteiger partial charge >= 0.3 is 12.1 Å². The Morgan fingerprint density at radius 2 is 1.60 bits per heavy atom. The summed E-state index contributed by atoms with van der Waals surface area (Å²) in [4.78, 5) is 36.3. The molecule has 1 saturated carbocycles. The molecule has 0 aromatic heterocycles. The van der Waals surface area contributed by atoms with Gasteiger partial charge in [-0.05, 0) is 61.3 Å². The van der Waals surface area contributed by atoms with E-state index in [1.807, 2.05) is 38.1 Å². The lowest BCUT2D eigenvalue weighted by atomic mass is 9.76. The van der Waals surface area contributed by atoms with Crippen molar-refractivity contribution in [1.82, 2.24) is 10.6 Å². The Bertz CT molecular complexity index is 1050. The minimum absolute atomic E-state index is 0.0209. The molecular weight excluding hydrogens is 444 g/mol. The summed E-state index contributed by atoms with van der Waals surface area (Å²) in [6.07, 6.45) is 3.41. The van der Waals surface area contributed by atoms with E-state index in [2.05, 4.69) is 34.9 Å². The quantitative estimate of drug-likeness (QED) is 0.453. The highest BCUT2D eigenvalue weighted by molar-refractivity contribution is 5.88. The van der Waals surface area contributed by atoms with Gasteiger partial charge in [0.15, 0.2) is 0 Å². The highest BCUT2D eigenvalue weighted by atomic mass is 16.5. The maximum absolute atomic E-state index is 12.4. The number of aliphatic carboxylic acids is 1. The molecule has 2 aliphatic carbocycles. The molecule has 0 radical (unpaired) electrons. The summed E-state index contributed by atoms with van der Waals surface area (Å²) in [5, 5.41) is 15.0. The number of carbonyl (C=O) groups is 3. The molecule has 2 amide bonds. The number of hydrogen-bond acceptors (Lipinski definition) is 4. The average Bonchev–Trinajstić information content (AvgIpc) is 3.13. The lowest BCUT2D eigenvalue weighted by Crippen LogP contribution is -2.60. The highest BCUT2D eigenvalue weighted by Crippen LogP contribution is 2.44. The van der Waals surface area contributed by atoms with Gasteiger partial charge in [-0.15, -0.1) is 0 Å². The van der Waals surface area contributed by atoms with Gasteiger partial charge in [0.2, 0.25) is 5.91 Å². The number of carbonyl (C=O) groups excluding carboxylic acids is 2. The molecule has 7 nitrogen and oxygen atoms in total. The van der Waals surface area contributed by atoms with Gasteiger partial charge in [-0.3, -0.25) is 4.79 Å². The molecule has 186 valence electrons. The van der Waals surface area contributed by atoms with Crippen LogP contribution in [-0.2, 0) is 14.3 Å². The molecule has 0 saturated heterocycles. The monoisotopic (exact) mass is 478 g/mol. The third-order valence-electron chi connectivity index (χ3n) is 7.41. The van der Waals surface area contributed by atoms with Crippen LogP contribution in [0.15, 0.2) is 48.5 Å². The molecule has 0 bridgehead atoms. The zero-order valence-electron chi connectivity index (χ0n) is 20.4. The Morgan fingerprint density at radius 3 is 2.14 bits per heavy atom. The van der Waals surface area contributed by atoms with Crippen LogP contribution in [0.5, 0.6) is 0 Å². The first-order chi connectivity index (χ1) is 16.8. The van der Waals surface area contributed by atoms with E-state index in [1.54, 1.807) is 0 Å². The fraction of sp³-hybridized carbons (Fsp3) is 0.464. The van der Waals surface area contributed by atoms with Crippen LogP contribution in [0.2, 0.25) is 0 Å². The van der Waals surface area contributed by atoms with Crippen LogP contribution in [0.3, 0.4) is 0 Å². The van der Waals surface area contributed by atoms with E-state index in [-0.39, 0.29) is 30.4 Å². The van der Waals surface area contributed by atoms with E-state index < -0.39 is 17.6 Å². The molecule has 7 heteroatoms. The van der Waals surface area contributed by atoms with Crippen LogP contribution >= 0.6 is 0 Å². The molecule has 0 heterocycles. The van der Waals surface area contributed by atoms with Crippen LogP contribution in [0.25, 0.3) is 11.1 Å². The first kappa shape index (κ1) is 24.8. The maximum atomic E-state index is 12.4. The van der Waals surface area contributed by atoms with Crippen LogP contribution in [0.1, 0.15) is 69.4 Å². The van der Waals surface area contributed by atoms with Crippen molar-refractivity contribution in [3.63, 3.8) is 0 Å². The summed E-state index contributed by atoms with van der Waals surface area (Å²) in [6, 6.07) is 16.3. The van der Waals surface area contributed by atoms with Gasteiger partial charge in [0.25, 0.3) is 0 Å². The fourth-order valence-corrected chi connectivity index (χ4v) is 5.06. The third-order valence-corrected chi connectivity index (χ3v) is 7.41. The SMILES string of the molecule is CC(CCCC(C)C(=O)NC1(C(=O)O)CCC1)NC(=O)OCC1c2ccccc2-c2ccccc21. The van der Waals surface area contributed by atoms with Gasteiger partial charge < -0.3 is 20.5 Å². The summed E-state index contributed by atoms with van der Waals surface area (Å²) in [5.41, 5.74) is 3.65. The van der Waals surface area contributed by atoms with E-state index in [4.69, 9.17) is 4.74 Å². The molecule has 2 atom stereocenters. The molecule has 3 N–H and O–H groups in total. The van der Waals surface area contributed by atoms with E-state index in [1.165, 1.54) is 22.3 Å². The van der Waals surface area contributed by atoms with Crippen molar-refractivity contribution in [3.8, 4) is 11.1 Å². The number of carboxylic acid groups (broad SMARTS) is 1. The Morgan fingerprint density at radius 1 is 1.00 bits per heavy atom. The number of benzene rings is 2. The smallest absolute Gasteiger partial charge is 0.407 e. The van der Waals surface area contributed by atoms with Crippen molar-refractivity contribution < 1.29 is 24.2 Å². The first-order valence-electron chi connectivity index (χ1n) is 12.5. The van der Waals surface area contributed by atoms with Gasteiger partial charge in [-0.25, -0.2) is 9.59 Å². The van der Waals surface area contributed by atoms with Gasteiger partial charge in [0.05, 0.1) is 0 Å². The van der Waals surface area contributed by atoms with Crippen LogP contribution < -0.4 is 10.6 Å². The molecule has 0 aliphatic heterocycles. The number of nitrogens with one attached hydrogen (secondary N) is 2. The van der Waals surface area contributed by atoms with E-state index in [0.717, 1.165) is 12.8 Å². The summed E-state index contributed by atoms with van der Waals surface area (Å²) >= 11 is 0. The Balaban J connectivity index is 1.20. The molecule has 2 aromatic rings. The summed E-state index contributed by atoms with van der Waals surface area (Å²) < 4.78 is 5.60. The molecule has 0 spiro atoms. The predicted octanol–water partition coefficient (Wildman–Crippen LogP) is 4.84. The Hall–Kier alpha value is -3.35. The second-order valence-corrected chi connectivity index (χ2v) is 9.93. The number of fused-ring (bicyclic) bond motifs is 3. The summed E-state index contributed by atoms with van der Waals surface area (Å²) in [5.74, 6) is -1.43. The minimum atomic E-state index is -1.08. The molecular formula is C28H34N2O5. The van der Waals surface area contributed by atoms with Gasteiger partial charge in [-0.1, -0.05) is 61.9 Å². The topological polar surface area (TPSA) is 105 Å². The van der Waals surface area contributed by atoms with Crippen molar-refractivity contribution in [2.24, 2.45) is 5.92 Å². The average molecular weight is 479 g/mol. The van der Waals surface area contributed by atoms with E-state index in [0.29, 0.717) is 25.7 Å². The lowest BCUT2D eigenvalue weighted by molar-refractivity contribution is -0.152. The molecule has 2 unspecified atom stereocenters. The highest BCUT2D eigenvalue weighted by Gasteiger charge is 2.46. The number of rotatable bonds is 10. The standard InChI is InChI=1S/C28H34N2O5/c1-18(25(31)30-28(26(32)33)15-8-16-28)9-7-10-19(2)29-27(34)35-17-24-22-13-5-3-11-20(22)21-12-4-6-14-23(21)24/h3-6,11-14,18-19,24H,7-10,15-17H2,1-2H3,(H,29,34)(H,30,31)(H,32,33). The second kappa shape index (κ2) is 10.5. The predicted molar refractivity (Wildman–Crippen MR) is 133 cm³/mol. The molecule has 35 heavy (non-hydrogen) atoms. The lowest BCUT2D eigenvalue weighted by Gasteiger charge is -2.39. The number of hydrogen-bond donors (Lipinski definition) is 3. The van der Waals surface area contributed by atoms with Gasteiger partial charge in [0.1, 0.15) is 12.1 Å².